The van der Waals surface area contributed by atoms with Crippen molar-refractivity contribution in [2.24, 2.45) is 0 Å². The van der Waals surface area contributed by atoms with Crippen LogP contribution < -0.4 is 21.3 Å². The average molecular weight is 425 g/mol. The molecule has 0 radical (unpaired) electrons. The average Bonchev–Trinajstić information content (AvgIpc) is 2.77. The van der Waals surface area contributed by atoms with Crippen molar-refractivity contribution >= 4 is 23.6 Å². The quantitative estimate of drug-likeness (QED) is 0.487. The zero-order valence-electron chi connectivity index (χ0n) is 17.2. The maximum absolute atomic E-state index is 12.4. The summed E-state index contributed by atoms with van der Waals surface area (Å²) in [7, 11) is 1.55. The van der Waals surface area contributed by atoms with Crippen molar-refractivity contribution in [2.45, 2.75) is 32.9 Å². The van der Waals surface area contributed by atoms with E-state index < -0.39 is 5.97 Å². The van der Waals surface area contributed by atoms with Crippen LogP contribution in [0.5, 0.6) is 5.75 Å². The summed E-state index contributed by atoms with van der Waals surface area (Å²) in [4.78, 5) is 36.5. The molecule has 0 saturated heterocycles. The van der Waals surface area contributed by atoms with E-state index in [1.54, 1.807) is 19.2 Å². The third-order valence-corrected chi connectivity index (χ3v) is 4.18. The molecule has 162 valence electrons. The first kappa shape index (κ1) is 21.7. The van der Waals surface area contributed by atoms with E-state index in [0.717, 1.165) is 12.8 Å². The molecule has 11 heteroatoms. The van der Waals surface area contributed by atoms with Gasteiger partial charge in [0.1, 0.15) is 5.75 Å². The Balaban J connectivity index is 1.70. The number of carbonyl (C=O) groups excluding carboxylic acids is 1. The third kappa shape index (κ3) is 5.75. The molecule has 2 aromatic heterocycles. The molecule has 0 aliphatic heterocycles. The second-order valence-electron chi connectivity index (χ2n) is 6.47. The van der Waals surface area contributed by atoms with Gasteiger partial charge >= 0.3 is 5.97 Å². The van der Waals surface area contributed by atoms with Crippen LogP contribution in [0.2, 0.25) is 0 Å². The highest BCUT2D eigenvalue weighted by molar-refractivity contribution is 5.86. The van der Waals surface area contributed by atoms with E-state index in [1.165, 1.54) is 16.8 Å². The Hall–Kier alpha value is -4.02. The lowest BCUT2D eigenvalue weighted by Gasteiger charge is -2.11. The Morgan fingerprint density at radius 1 is 1.16 bits per heavy atom. The first-order valence-electron chi connectivity index (χ1n) is 9.66. The molecule has 3 N–H and O–H groups in total. The summed E-state index contributed by atoms with van der Waals surface area (Å²) in [5.41, 5.74) is 6.14. The fourth-order valence-electron chi connectivity index (χ4n) is 2.66. The first-order valence-corrected chi connectivity index (χ1v) is 9.66. The lowest BCUT2D eigenvalue weighted by atomic mass is 10.3. The Morgan fingerprint density at radius 2 is 1.97 bits per heavy atom. The van der Waals surface area contributed by atoms with E-state index in [2.05, 4.69) is 25.4 Å². The van der Waals surface area contributed by atoms with Crippen molar-refractivity contribution in [1.82, 2.24) is 24.7 Å². The van der Waals surface area contributed by atoms with Crippen molar-refractivity contribution < 1.29 is 14.3 Å². The van der Waals surface area contributed by atoms with Gasteiger partial charge in [0.05, 0.1) is 12.8 Å². The Labute approximate surface area is 178 Å². The molecule has 3 aromatic rings. The maximum Gasteiger partial charge on any atom is 0.359 e. The summed E-state index contributed by atoms with van der Waals surface area (Å²) in [5.74, 6) is 0.179. The number of unbranched alkanes of at least 4 members (excludes halogenated alkanes) is 1. The second kappa shape index (κ2) is 10.1. The number of rotatable bonds is 9. The van der Waals surface area contributed by atoms with Gasteiger partial charge in [-0.15, -0.1) is 0 Å². The van der Waals surface area contributed by atoms with Crippen molar-refractivity contribution in [1.29, 1.82) is 0 Å². The number of para-hydroxylation sites is 2. The molecule has 0 amide bonds. The standard InChI is InChI=1S/C20H23N7O4/c1-3-4-11-27-17(28)10-9-14(26-27)18(29)31-12-16-23-19(21)25-20(24-16)22-13-7-5-6-8-15(13)30-2/h5-10H,3-4,11-12H2,1-2H3,(H3,21,22,23,24,25). The van der Waals surface area contributed by atoms with Crippen LogP contribution in [0.4, 0.5) is 17.6 Å². The van der Waals surface area contributed by atoms with Crippen LogP contribution in [0.1, 0.15) is 36.1 Å². The summed E-state index contributed by atoms with van der Waals surface area (Å²) in [6, 6.07) is 9.83. The van der Waals surface area contributed by atoms with Gasteiger partial charge in [-0.2, -0.15) is 20.1 Å². The number of benzene rings is 1. The smallest absolute Gasteiger partial charge is 0.359 e. The van der Waals surface area contributed by atoms with Crippen LogP contribution in [0, 0.1) is 0 Å². The molecule has 0 spiro atoms. The van der Waals surface area contributed by atoms with Gasteiger partial charge in [-0.25, -0.2) is 9.48 Å². The van der Waals surface area contributed by atoms with Gasteiger partial charge in [0, 0.05) is 12.6 Å². The van der Waals surface area contributed by atoms with Gasteiger partial charge in [0.2, 0.25) is 11.9 Å². The number of nitrogens with zero attached hydrogens (tertiary/aromatic N) is 5. The molecule has 0 aliphatic carbocycles. The summed E-state index contributed by atoms with van der Waals surface area (Å²) < 4.78 is 11.8. The molecule has 2 heterocycles. The van der Waals surface area contributed by atoms with E-state index in [4.69, 9.17) is 15.2 Å². The molecule has 0 atom stereocenters. The number of anilines is 3. The van der Waals surface area contributed by atoms with Crippen LogP contribution >= 0.6 is 0 Å². The number of methoxy groups -OCH3 is 1. The zero-order valence-corrected chi connectivity index (χ0v) is 17.2. The lowest BCUT2D eigenvalue weighted by Crippen LogP contribution is -2.25. The van der Waals surface area contributed by atoms with Crippen molar-refractivity contribution in [3.8, 4) is 5.75 Å². The highest BCUT2D eigenvalue weighted by Gasteiger charge is 2.14. The molecule has 0 fully saturated rings. The number of nitrogen functional groups attached to an aromatic ring is 1. The molecule has 0 bridgehead atoms. The minimum atomic E-state index is -0.705. The molecular weight excluding hydrogens is 402 g/mol. The molecule has 0 aliphatic rings. The third-order valence-electron chi connectivity index (χ3n) is 4.18. The normalized spacial score (nSPS) is 10.5. The number of aromatic nitrogens is 5. The van der Waals surface area contributed by atoms with Gasteiger partial charge in [-0.05, 0) is 24.6 Å². The number of nitrogens with two attached hydrogens (primary N) is 1. The Bertz CT molecular complexity index is 1120. The maximum atomic E-state index is 12.4. The summed E-state index contributed by atoms with van der Waals surface area (Å²) >= 11 is 0. The molecule has 11 nitrogen and oxygen atoms in total. The fourth-order valence-corrected chi connectivity index (χ4v) is 2.66. The van der Waals surface area contributed by atoms with Crippen LogP contribution in [-0.2, 0) is 17.9 Å². The predicted molar refractivity (Wildman–Crippen MR) is 113 cm³/mol. The molecule has 0 unspecified atom stereocenters. The van der Waals surface area contributed by atoms with E-state index in [-0.39, 0.29) is 35.6 Å². The minimum absolute atomic E-state index is 0.0186. The Kier molecular flexibility index (Phi) is 7.09. The van der Waals surface area contributed by atoms with Gasteiger partial charge in [-0.1, -0.05) is 25.5 Å². The van der Waals surface area contributed by atoms with Crippen LogP contribution in [-0.4, -0.2) is 37.8 Å². The van der Waals surface area contributed by atoms with E-state index in [1.807, 2.05) is 19.1 Å². The fraction of sp³-hybridized carbons (Fsp3) is 0.300. The van der Waals surface area contributed by atoms with Crippen LogP contribution in [0.25, 0.3) is 0 Å². The number of hydrogen-bond acceptors (Lipinski definition) is 10. The highest BCUT2D eigenvalue weighted by atomic mass is 16.5. The van der Waals surface area contributed by atoms with Crippen LogP contribution in [0.3, 0.4) is 0 Å². The van der Waals surface area contributed by atoms with Gasteiger partial charge in [0.15, 0.2) is 18.1 Å². The SMILES string of the molecule is CCCCn1nc(C(=O)OCc2nc(N)nc(Nc3ccccc3OC)n2)ccc1=O. The largest absolute Gasteiger partial charge is 0.495 e. The summed E-state index contributed by atoms with van der Waals surface area (Å²) in [5, 5.41) is 7.06. The number of aryl methyl sites for hydroxylation is 1. The number of hydrogen-bond donors (Lipinski definition) is 2. The molecular formula is C20H23N7O4. The minimum Gasteiger partial charge on any atom is -0.495 e. The number of nitrogens with one attached hydrogen (secondary N) is 1. The predicted octanol–water partition coefficient (Wildman–Crippen LogP) is 1.92. The van der Waals surface area contributed by atoms with Crippen molar-refractivity contribution in [2.75, 3.05) is 18.2 Å². The summed E-state index contributed by atoms with van der Waals surface area (Å²) in [6.07, 6.45) is 1.67. The van der Waals surface area contributed by atoms with Crippen LogP contribution in [0.15, 0.2) is 41.2 Å². The van der Waals surface area contributed by atoms with Crippen molar-refractivity contribution in [3.63, 3.8) is 0 Å². The lowest BCUT2D eigenvalue weighted by molar-refractivity contribution is 0.0452. The van der Waals surface area contributed by atoms with Gasteiger partial charge < -0.3 is 20.5 Å². The molecule has 1 aromatic carbocycles. The molecule has 0 saturated carbocycles. The van der Waals surface area contributed by atoms with Crippen molar-refractivity contribution in [3.05, 3.63) is 58.3 Å². The van der Waals surface area contributed by atoms with E-state index in [9.17, 15) is 9.59 Å². The molecule has 31 heavy (non-hydrogen) atoms. The Morgan fingerprint density at radius 3 is 2.74 bits per heavy atom. The number of carbonyl (C=O) groups is 1. The second-order valence-corrected chi connectivity index (χ2v) is 6.47. The number of esters is 1. The van der Waals surface area contributed by atoms with E-state index >= 15 is 0 Å². The topological polar surface area (TPSA) is 147 Å². The highest BCUT2D eigenvalue weighted by Crippen LogP contribution is 2.25. The van der Waals surface area contributed by atoms with Gasteiger partial charge in [0.25, 0.3) is 5.56 Å². The molecule has 3 rings (SSSR count). The van der Waals surface area contributed by atoms with Gasteiger partial charge in [-0.3, -0.25) is 4.79 Å². The first-order chi connectivity index (χ1) is 15.0. The zero-order chi connectivity index (χ0) is 22.2. The monoisotopic (exact) mass is 425 g/mol. The number of ether oxygens (including phenoxy) is 2. The summed E-state index contributed by atoms with van der Waals surface area (Å²) in [6.45, 7) is 2.18. The van der Waals surface area contributed by atoms with E-state index in [0.29, 0.717) is 18.0 Å².